The lowest BCUT2D eigenvalue weighted by Gasteiger charge is -2.05. The van der Waals surface area contributed by atoms with E-state index >= 15 is 0 Å². The van der Waals surface area contributed by atoms with Crippen LogP contribution in [0.25, 0.3) is 10.2 Å². The van der Waals surface area contributed by atoms with Crippen LogP contribution >= 0.6 is 27.3 Å². The second-order valence-electron chi connectivity index (χ2n) is 2.92. The molecule has 1 aromatic heterocycles. The number of ether oxygens (including phenoxy) is 2. The Morgan fingerprint density at radius 2 is 1.93 bits per heavy atom. The summed E-state index contributed by atoms with van der Waals surface area (Å²) in [5.41, 5.74) is 0.951. The number of alkyl halides is 1. The van der Waals surface area contributed by atoms with Gasteiger partial charge in [-0.3, -0.25) is 0 Å². The number of methoxy groups -OCH3 is 2. The van der Waals surface area contributed by atoms with Gasteiger partial charge in [-0.1, -0.05) is 15.9 Å². The van der Waals surface area contributed by atoms with Crippen molar-refractivity contribution >= 4 is 37.5 Å². The third-order valence-electron chi connectivity index (χ3n) is 2.05. The van der Waals surface area contributed by atoms with Crippen molar-refractivity contribution in [3.05, 3.63) is 17.1 Å². The number of rotatable bonds is 3. The molecule has 2 aromatic rings. The molecule has 0 spiro atoms. The Morgan fingerprint density at radius 1 is 1.27 bits per heavy atom. The minimum absolute atomic E-state index is 0.719. The summed E-state index contributed by atoms with van der Waals surface area (Å²) in [6, 6.07) is 3.86. The van der Waals surface area contributed by atoms with E-state index in [4.69, 9.17) is 9.47 Å². The van der Waals surface area contributed by atoms with Gasteiger partial charge in [-0.15, -0.1) is 11.3 Å². The van der Waals surface area contributed by atoms with Crippen LogP contribution in [0.1, 0.15) is 5.01 Å². The third-order valence-corrected chi connectivity index (χ3v) is 3.97. The number of aromatic nitrogens is 1. The SMILES string of the molecule is COc1cc2nc(CBr)sc2cc1OC. The molecule has 0 fully saturated rings. The number of fused-ring (bicyclic) bond motifs is 1. The molecular formula is C10H10BrNO2S. The van der Waals surface area contributed by atoms with Gasteiger partial charge < -0.3 is 9.47 Å². The Balaban J connectivity index is 2.61. The number of hydrogen-bond acceptors (Lipinski definition) is 4. The van der Waals surface area contributed by atoms with E-state index < -0.39 is 0 Å². The zero-order valence-corrected chi connectivity index (χ0v) is 10.8. The lowest BCUT2D eigenvalue weighted by atomic mass is 10.3. The molecule has 5 heteroatoms. The van der Waals surface area contributed by atoms with Crippen LogP contribution in [-0.4, -0.2) is 19.2 Å². The highest BCUT2D eigenvalue weighted by Crippen LogP contribution is 2.34. The summed E-state index contributed by atoms with van der Waals surface area (Å²) < 4.78 is 11.6. The third kappa shape index (κ3) is 1.94. The van der Waals surface area contributed by atoms with E-state index in [1.54, 1.807) is 25.6 Å². The summed E-state index contributed by atoms with van der Waals surface area (Å²) >= 11 is 5.04. The Kier molecular flexibility index (Phi) is 3.11. The molecule has 1 aromatic carbocycles. The maximum atomic E-state index is 5.23. The van der Waals surface area contributed by atoms with Gasteiger partial charge in [-0.25, -0.2) is 4.98 Å². The average Bonchev–Trinajstić information content (AvgIpc) is 2.68. The van der Waals surface area contributed by atoms with Crippen molar-refractivity contribution in [2.45, 2.75) is 5.33 Å². The lowest BCUT2D eigenvalue weighted by Crippen LogP contribution is -1.89. The molecule has 0 atom stereocenters. The second kappa shape index (κ2) is 4.37. The molecule has 0 amide bonds. The molecule has 0 aliphatic heterocycles. The minimum atomic E-state index is 0.719. The fraction of sp³-hybridized carbons (Fsp3) is 0.300. The van der Waals surface area contributed by atoms with Crippen LogP contribution in [0.4, 0.5) is 0 Å². The average molecular weight is 288 g/mol. The first kappa shape index (κ1) is 10.7. The van der Waals surface area contributed by atoms with Crippen molar-refractivity contribution in [3.8, 4) is 11.5 Å². The second-order valence-corrected chi connectivity index (χ2v) is 4.59. The fourth-order valence-corrected chi connectivity index (χ4v) is 2.66. The van der Waals surface area contributed by atoms with E-state index in [2.05, 4.69) is 20.9 Å². The molecule has 0 aliphatic rings. The summed E-state index contributed by atoms with van der Waals surface area (Å²) in [5.74, 6) is 1.46. The highest BCUT2D eigenvalue weighted by Gasteiger charge is 2.09. The number of benzene rings is 1. The number of halogens is 1. The van der Waals surface area contributed by atoms with E-state index in [1.165, 1.54) is 0 Å². The predicted molar refractivity (Wildman–Crippen MR) is 65.4 cm³/mol. The summed E-state index contributed by atoms with van der Waals surface area (Å²) in [4.78, 5) is 4.45. The Labute approximate surface area is 100 Å². The molecule has 3 nitrogen and oxygen atoms in total. The first-order chi connectivity index (χ1) is 7.28. The zero-order valence-electron chi connectivity index (χ0n) is 8.41. The Bertz CT molecular complexity index is 442. The van der Waals surface area contributed by atoms with Gasteiger partial charge in [-0.2, -0.15) is 0 Å². The van der Waals surface area contributed by atoms with Crippen LogP contribution in [0, 0.1) is 0 Å². The van der Waals surface area contributed by atoms with Crippen LogP contribution in [0.3, 0.4) is 0 Å². The molecule has 0 unspecified atom stereocenters. The fourth-order valence-electron chi connectivity index (χ4n) is 1.36. The monoisotopic (exact) mass is 287 g/mol. The minimum Gasteiger partial charge on any atom is -0.493 e. The van der Waals surface area contributed by atoms with E-state index in [-0.39, 0.29) is 0 Å². The quantitative estimate of drug-likeness (QED) is 0.813. The predicted octanol–water partition coefficient (Wildman–Crippen LogP) is 3.21. The summed E-state index contributed by atoms with van der Waals surface area (Å²) in [6.45, 7) is 0. The summed E-state index contributed by atoms with van der Waals surface area (Å²) in [6.07, 6.45) is 0. The Morgan fingerprint density at radius 3 is 2.53 bits per heavy atom. The zero-order chi connectivity index (χ0) is 10.8. The van der Waals surface area contributed by atoms with Gasteiger partial charge in [-0.05, 0) is 0 Å². The number of nitrogens with zero attached hydrogens (tertiary/aromatic N) is 1. The van der Waals surface area contributed by atoms with Crippen molar-refractivity contribution in [1.82, 2.24) is 4.98 Å². The first-order valence-electron chi connectivity index (χ1n) is 4.36. The lowest BCUT2D eigenvalue weighted by molar-refractivity contribution is 0.356. The molecule has 0 aliphatic carbocycles. The van der Waals surface area contributed by atoms with Gasteiger partial charge in [0, 0.05) is 12.1 Å². The van der Waals surface area contributed by atoms with Crippen molar-refractivity contribution in [2.24, 2.45) is 0 Å². The van der Waals surface area contributed by atoms with Gasteiger partial charge in [0.25, 0.3) is 0 Å². The van der Waals surface area contributed by atoms with E-state index in [9.17, 15) is 0 Å². The van der Waals surface area contributed by atoms with Crippen molar-refractivity contribution in [3.63, 3.8) is 0 Å². The van der Waals surface area contributed by atoms with E-state index in [1.807, 2.05) is 12.1 Å². The maximum Gasteiger partial charge on any atom is 0.162 e. The van der Waals surface area contributed by atoms with E-state index in [0.717, 1.165) is 32.1 Å². The molecule has 1 heterocycles. The smallest absolute Gasteiger partial charge is 0.162 e. The molecular weight excluding hydrogens is 278 g/mol. The largest absolute Gasteiger partial charge is 0.493 e. The van der Waals surface area contributed by atoms with Crippen LogP contribution in [0.2, 0.25) is 0 Å². The van der Waals surface area contributed by atoms with Crippen molar-refractivity contribution in [2.75, 3.05) is 14.2 Å². The standard InChI is InChI=1S/C10H10BrNO2S/c1-13-7-3-6-9(4-8(7)14-2)15-10(5-11)12-6/h3-4H,5H2,1-2H3. The number of thiazole rings is 1. The molecule has 0 saturated carbocycles. The van der Waals surface area contributed by atoms with Gasteiger partial charge in [0.1, 0.15) is 5.01 Å². The van der Waals surface area contributed by atoms with Crippen LogP contribution < -0.4 is 9.47 Å². The molecule has 0 saturated heterocycles. The molecule has 0 bridgehead atoms. The topological polar surface area (TPSA) is 31.4 Å². The maximum absolute atomic E-state index is 5.23. The summed E-state index contributed by atoms with van der Waals surface area (Å²) in [7, 11) is 3.26. The highest BCUT2D eigenvalue weighted by molar-refractivity contribution is 9.08. The normalized spacial score (nSPS) is 10.6. The Hall–Kier alpha value is -0.810. The first-order valence-corrected chi connectivity index (χ1v) is 6.29. The molecule has 0 radical (unpaired) electrons. The van der Waals surface area contributed by atoms with Gasteiger partial charge in [0.15, 0.2) is 11.5 Å². The van der Waals surface area contributed by atoms with Crippen LogP contribution in [-0.2, 0) is 5.33 Å². The van der Waals surface area contributed by atoms with Gasteiger partial charge in [0.2, 0.25) is 0 Å². The molecule has 15 heavy (non-hydrogen) atoms. The van der Waals surface area contributed by atoms with Crippen LogP contribution in [0.5, 0.6) is 11.5 Å². The van der Waals surface area contributed by atoms with Gasteiger partial charge in [0.05, 0.1) is 29.8 Å². The van der Waals surface area contributed by atoms with E-state index in [0.29, 0.717) is 0 Å². The number of hydrogen-bond donors (Lipinski definition) is 0. The van der Waals surface area contributed by atoms with Gasteiger partial charge >= 0.3 is 0 Å². The molecule has 0 N–H and O–H groups in total. The van der Waals surface area contributed by atoms with Crippen molar-refractivity contribution < 1.29 is 9.47 Å². The molecule has 2 rings (SSSR count). The highest BCUT2D eigenvalue weighted by atomic mass is 79.9. The summed E-state index contributed by atoms with van der Waals surface area (Å²) in [5, 5.41) is 1.83. The van der Waals surface area contributed by atoms with Crippen LogP contribution in [0.15, 0.2) is 12.1 Å². The van der Waals surface area contributed by atoms with Crippen molar-refractivity contribution in [1.29, 1.82) is 0 Å². The molecule has 80 valence electrons.